The first-order valence-electron chi connectivity index (χ1n) is 11.8. The number of likely N-dealkylation sites (N-methyl/N-ethyl adjacent to an activating group) is 1. The quantitative estimate of drug-likeness (QED) is 0.295. The highest BCUT2D eigenvalue weighted by Gasteiger charge is 2.38. The summed E-state index contributed by atoms with van der Waals surface area (Å²) in [6, 6.07) is 7.57. The molecule has 3 rings (SSSR count). The SMILES string of the molecule is CCc1ccccc1-n1[nH]c(CC)c(C(=O)CN(CC)C(=O)c2cc(C(F)(F)F)cc(C(F)(F)F)c2)c1=O. The van der Waals surface area contributed by atoms with Crippen molar-refractivity contribution in [2.45, 2.75) is 46.0 Å². The van der Waals surface area contributed by atoms with Crippen molar-refractivity contribution >= 4 is 11.7 Å². The van der Waals surface area contributed by atoms with Gasteiger partial charge in [0.05, 0.1) is 23.4 Å². The molecule has 6 nitrogen and oxygen atoms in total. The Labute approximate surface area is 213 Å². The summed E-state index contributed by atoms with van der Waals surface area (Å²) in [6.45, 7) is 4.07. The number of rotatable bonds is 8. The van der Waals surface area contributed by atoms with E-state index in [0.717, 1.165) is 10.5 Å². The van der Waals surface area contributed by atoms with Crippen LogP contribution in [0.25, 0.3) is 5.69 Å². The van der Waals surface area contributed by atoms with Crippen LogP contribution in [0.15, 0.2) is 47.3 Å². The number of aromatic amines is 1. The number of alkyl halides is 6. The van der Waals surface area contributed by atoms with E-state index in [9.17, 15) is 40.7 Å². The maximum absolute atomic E-state index is 13.3. The van der Waals surface area contributed by atoms with E-state index in [0.29, 0.717) is 24.2 Å². The zero-order valence-electron chi connectivity index (χ0n) is 20.8. The molecule has 0 spiro atoms. The van der Waals surface area contributed by atoms with Gasteiger partial charge < -0.3 is 4.90 Å². The van der Waals surface area contributed by atoms with Crippen molar-refractivity contribution in [1.82, 2.24) is 14.7 Å². The molecule has 38 heavy (non-hydrogen) atoms. The first kappa shape index (κ1) is 28.7. The van der Waals surface area contributed by atoms with Crippen molar-refractivity contribution in [3.05, 3.63) is 86.3 Å². The van der Waals surface area contributed by atoms with Crippen LogP contribution in [-0.2, 0) is 25.2 Å². The molecular formula is C26H25F6N3O3. The van der Waals surface area contributed by atoms with Crippen LogP contribution in [0.5, 0.6) is 0 Å². The number of nitrogens with zero attached hydrogens (tertiary/aromatic N) is 2. The van der Waals surface area contributed by atoms with Crippen LogP contribution >= 0.6 is 0 Å². The molecule has 0 aliphatic rings. The lowest BCUT2D eigenvalue weighted by molar-refractivity contribution is -0.143. The number of nitrogens with one attached hydrogen (secondary N) is 1. The van der Waals surface area contributed by atoms with Gasteiger partial charge in [-0.15, -0.1) is 0 Å². The molecule has 0 bridgehead atoms. The smallest absolute Gasteiger partial charge is 0.331 e. The predicted molar refractivity (Wildman–Crippen MR) is 127 cm³/mol. The zero-order chi connectivity index (χ0) is 28.4. The fourth-order valence-electron chi connectivity index (χ4n) is 4.06. The van der Waals surface area contributed by atoms with E-state index in [1.54, 1.807) is 25.1 Å². The van der Waals surface area contributed by atoms with E-state index in [-0.39, 0.29) is 30.3 Å². The van der Waals surface area contributed by atoms with E-state index < -0.39 is 52.8 Å². The summed E-state index contributed by atoms with van der Waals surface area (Å²) in [6.07, 6.45) is -9.42. The molecule has 1 heterocycles. The minimum Gasteiger partial charge on any atom is -0.331 e. The van der Waals surface area contributed by atoms with Gasteiger partial charge in [0.15, 0.2) is 5.78 Å². The zero-order valence-corrected chi connectivity index (χ0v) is 20.8. The molecule has 0 atom stereocenters. The van der Waals surface area contributed by atoms with Crippen molar-refractivity contribution in [1.29, 1.82) is 0 Å². The van der Waals surface area contributed by atoms with Crippen LogP contribution in [0.1, 0.15) is 63.9 Å². The Kier molecular flexibility index (Phi) is 8.23. The third-order valence-corrected chi connectivity index (χ3v) is 6.05. The van der Waals surface area contributed by atoms with Gasteiger partial charge in [-0.1, -0.05) is 32.0 Å². The number of carbonyl (C=O) groups is 2. The Hall–Kier alpha value is -3.83. The third kappa shape index (κ3) is 5.84. The average molecular weight is 541 g/mol. The number of Topliss-reactive ketones (excluding diaryl/α,β-unsaturated/α-hetero) is 1. The van der Waals surface area contributed by atoms with Crippen LogP contribution in [0.2, 0.25) is 0 Å². The largest absolute Gasteiger partial charge is 0.416 e. The first-order chi connectivity index (χ1) is 17.7. The van der Waals surface area contributed by atoms with Crippen molar-refractivity contribution in [3.63, 3.8) is 0 Å². The van der Waals surface area contributed by atoms with Crippen LogP contribution < -0.4 is 5.56 Å². The molecule has 1 amide bonds. The summed E-state index contributed by atoms with van der Waals surface area (Å²) in [5.41, 5.74) is -3.43. The minimum absolute atomic E-state index is 0.0812. The van der Waals surface area contributed by atoms with Crippen molar-refractivity contribution in [3.8, 4) is 5.69 Å². The van der Waals surface area contributed by atoms with Gasteiger partial charge in [0.25, 0.3) is 11.5 Å². The van der Waals surface area contributed by atoms with E-state index in [1.807, 2.05) is 13.0 Å². The minimum atomic E-state index is -5.13. The number of ketones is 1. The molecule has 1 N–H and O–H groups in total. The van der Waals surface area contributed by atoms with Gasteiger partial charge in [0.1, 0.15) is 5.56 Å². The molecule has 0 unspecified atom stereocenters. The van der Waals surface area contributed by atoms with Gasteiger partial charge in [-0.05, 0) is 49.6 Å². The van der Waals surface area contributed by atoms with Crippen molar-refractivity contribution in [2.24, 2.45) is 0 Å². The van der Waals surface area contributed by atoms with Gasteiger partial charge in [-0.25, -0.2) is 4.68 Å². The second-order valence-electron chi connectivity index (χ2n) is 8.48. The summed E-state index contributed by atoms with van der Waals surface area (Å²) in [7, 11) is 0. The number of para-hydroxylation sites is 1. The summed E-state index contributed by atoms with van der Waals surface area (Å²) < 4.78 is 80.7. The van der Waals surface area contributed by atoms with E-state index in [2.05, 4.69) is 5.10 Å². The fraction of sp³-hybridized carbons (Fsp3) is 0.346. The number of halogens is 6. The Morgan fingerprint density at radius 3 is 1.97 bits per heavy atom. The number of amides is 1. The molecule has 3 aromatic rings. The number of carbonyl (C=O) groups excluding carboxylic acids is 2. The van der Waals surface area contributed by atoms with Crippen molar-refractivity contribution < 1.29 is 35.9 Å². The molecule has 0 aliphatic carbocycles. The predicted octanol–water partition coefficient (Wildman–Crippen LogP) is 5.67. The second-order valence-corrected chi connectivity index (χ2v) is 8.48. The molecule has 1 aromatic heterocycles. The Bertz CT molecular complexity index is 1370. The Morgan fingerprint density at radius 1 is 0.895 bits per heavy atom. The summed E-state index contributed by atoms with van der Waals surface area (Å²) in [5.74, 6) is -2.00. The summed E-state index contributed by atoms with van der Waals surface area (Å²) in [5, 5.41) is 2.90. The number of aromatic nitrogens is 2. The second kappa shape index (κ2) is 10.9. The highest BCUT2D eigenvalue weighted by Crippen LogP contribution is 2.36. The van der Waals surface area contributed by atoms with Crippen LogP contribution in [0, 0.1) is 0 Å². The fourth-order valence-corrected chi connectivity index (χ4v) is 4.06. The molecule has 0 fully saturated rings. The molecule has 0 saturated carbocycles. The van der Waals surface area contributed by atoms with E-state index >= 15 is 0 Å². The molecule has 12 heteroatoms. The van der Waals surface area contributed by atoms with E-state index in [4.69, 9.17) is 0 Å². The third-order valence-electron chi connectivity index (χ3n) is 6.05. The van der Waals surface area contributed by atoms with Gasteiger partial charge in [0, 0.05) is 17.8 Å². The molecule has 204 valence electrons. The van der Waals surface area contributed by atoms with Crippen LogP contribution in [0.3, 0.4) is 0 Å². The maximum Gasteiger partial charge on any atom is 0.416 e. The van der Waals surface area contributed by atoms with E-state index in [1.165, 1.54) is 11.6 Å². The standard InChI is InChI=1S/C26H25F6N3O3/c1-4-15-9-7-8-10-20(15)35-24(38)22(19(5-2)33-35)21(36)14-34(6-3)23(37)16-11-17(25(27,28)29)13-18(12-16)26(30,31)32/h7-13,33H,4-6,14H2,1-3H3. The molecule has 2 aromatic carbocycles. The highest BCUT2D eigenvalue weighted by molar-refractivity contribution is 6.02. The highest BCUT2D eigenvalue weighted by atomic mass is 19.4. The molecule has 0 aliphatic heterocycles. The average Bonchev–Trinajstić information content (AvgIpc) is 3.21. The number of H-pyrrole nitrogens is 1. The van der Waals surface area contributed by atoms with Gasteiger partial charge >= 0.3 is 12.4 Å². The lowest BCUT2D eigenvalue weighted by Crippen LogP contribution is -2.37. The van der Waals surface area contributed by atoms with Gasteiger partial charge in [-0.2, -0.15) is 26.3 Å². The topological polar surface area (TPSA) is 75.2 Å². The Morgan fingerprint density at radius 2 is 1.47 bits per heavy atom. The number of aryl methyl sites for hydroxylation is 2. The van der Waals surface area contributed by atoms with Gasteiger partial charge in [-0.3, -0.25) is 19.5 Å². The Balaban J connectivity index is 2.00. The maximum atomic E-state index is 13.3. The molecule has 0 saturated heterocycles. The number of hydrogen-bond acceptors (Lipinski definition) is 3. The lowest BCUT2D eigenvalue weighted by atomic mass is 10.0. The molecular weight excluding hydrogens is 516 g/mol. The summed E-state index contributed by atoms with van der Waals surface area (Å²) in [4.78, 5) is 40.2. The first-order valence-corrected chi connectivity index (χ1v) is 11.8. The normalized spacial score (nSPS) is 12.0. The number of hydrogen-bond donors (Lipinski definition) is 1. The van der Waals surface area contributed by atoms with Crippen LogP contribution in [0.4, 0.5) is 26.3 Å². The lowest BCUT2D eigenvalue weighted by Gasteiger charge is -2.21. The number of benzene rings is 2. The van der Waals surface area contributed by atoms with Crippen molar-refractivity contribution in [2.75, 3.05) is 13.1 Å². The monoisotopic (exact) mass is 541 g/mol. The van der Waals surface area contributed by atoms with Crippen LogP contribution in [-0.4, -0.2) is 39.5 Å². The molecule has 0 radical (unpaired) electrons. The summed E-state index contributed by atoms with van der Waals surface area (Å²) >= 11 is 0. The van der Waals surface area contributed by atoms with Gasteiger partial charge in [0.2, 0.25) is 0 Å².